The van der Waals surface area contributed by atoms with E-state index in [4.69, 9.17) is 0 Å². The van der Waals surface area contributed by atoms with Gasteiger partial charge in [0.2, 0.25) is 5.95 Å². The molecule has 0 aliphatic heterocycles. The van der Waals surface area contributed by atoms with Gasteiger partial charge in [-0.3, -0.25) is 9.78 Å². The Morgan fingerprint density at radius 3 is 2.44 bits per heavy atom. The molecule has 4 nitrogen and oxygen atoms in total. The number of anilines is 2. The number of nitrogens with zero attached hydrogens (tertiary/aromatic N) is 1. The molecule has 0 radical (unpaired) electrons. The lowest BCUT2D eigenvalue weighted by Crippen LogP contribution is -2.12. The minimum atomic E-state index is -0.119. The molecular formula is C14H17N3O. The van der Waals surface area contributed by atoms with E-state index in [0.29, 0.717) is 17.4 Å². The third kappa shape index (κ3) is 2.77. The topological polar surface area (TPSA) is 57.8 Å². The zero-order valence-electron chi connectivity index (χ0n) is 10.8. The number of benzene rings is 1. The number of aromatic amines is 1. The maximum atomic E-state index is 11.4. The molecule has 0 amide bonds. The van der Waals surface area contributed by atoms with Crippen molar-refractivity contribution in [1.82, 2.24) is 9.97 Å². The van der Waals surface area contributed by atoms with E-state index >= 15 is 0 Å². The number of hydrogen-bond donors (Lipinski definition) is 2. The van der Waals surface area contributed by atoms with Crippen molar-refractivity contribution in [2.75, 3.05) is 5.32 Å². The second kappa shape index (κ2) is 5.04. The maximum absolute atomic E-state index is 11.4. The smallest absolute Gasteiger partial charge is 0.255 e. The fraction of sp³-hybridized carbons (Fsp3) is 0.286. The van der Waals surface area contributed by atoms with Crippen molar-refractivity contribution in [3.05, 3.63) is 51.9 Å². The second-order valence-electron chi connectivity index (χ2n) is 4.65. The van der Waals surface area contributed by atoms with Gasteiger partial charge in [0.05, 0.1) is 0 Å². The Hall–Kier alpha value is -2.10. The SMILES string of the molecule is Cc1cnc(Nc2ccc(C(C)C)cc2)[nH]c1=O. The fourth-order valence-corrected chi connectivity index (χ4v) is 1.61. The van der Waals surface area contributed by atoms with Gasteiger partial charge in [-0.15, -0.1) is 0 Å². The molecule has 1 aromatic carbocycles. The number of nitrogens with one attached hydrogen (secondary N) is 2. The maximum Gasteiger partial charge on any atom is 0.255 e. The first-order chi connectivity index (χ1) is 8.56. The van der Waals surface area contributed by atoms with Crippen LogP contribution >= 0.6 is 0 Å². The van der Waals surface area contributed by atoms with Gasteiger partial charge in [-0.1, -0.05) is 26.0 Å². The van der Waals surface area contributed by atoms with Gasteiger partial charge in [0.1, 0.15) is 0 Å². The Balaban J connectivity index is 2.18. The largest absolute Gasteiger partial charge is 0.326 e. The summed E-state index contributed by atoms with van der Waals surface area (Å²) in [4.78, 5) is 18.2. The zero-order chi connectivity index (χ0) is 13.1. The Morgan fingerprint density at radius 1 is 1.22 bits per heavy atom. The van der Waals surface area contributed by atoms with Crippen LogP contribution in [0, 0.1) is 6.92 Å². The van der Waals surface area contributed by atoms with E-state index < -0.39 is 0 Å². The molecule has 1 heterocycles. The van der Waals surface area contributed by atoms with Crippen molar-refractivity contribution in [3.63, 3.8) is 0 Å². The summed E-state index contributed by atoms with van der Waals surface area (Å²) in [7, 11) is 0. The highest BCUT2D eigenvalue weighted by atomic mass is 16.1. The summed E-state index contributed by atoms with van der Waals surface area (Å²) >= 11 is 0. The van der Waals surface area contributed by atoms with Crippen LogP contribution in [0.4, 0.5) is 11.6 Å². The van der Waals surface area contributed by atoms with Crippen molar-refractivity contribution >= 4 is 11.6 Å². The number of H-pyrrole nitrogens is 1. The van der Waals surface area contributed by atoms with Crippen LogP contribution in [-0.2, 0) is 0 Å². The van der Waals surface area contributed by atoms with Crippen LogP contribution in [0.5, 0.6) is 0 Å². The van der Waals surface area contributed by atoms with Gasteiger partial charge < -0.3 is 5.32 Å². The Morgan fingerprint density at radius 2 is 1.89 bits per heavy atom. The summed E-state index contributed by atoms with van der Waals surface area (Å²) < 4.78 is 0. The third-order valence-corrected chi connectivity index (χ3v) is 2.82. The lowest BCUT2D eigenvalue weighted by molar-refractivity contribution is 0.867. The monoisotopic (exact) mass is 243 g/mol. The van der Waals surface area contributed by atoms with E-state index in [2.05, 4.69) is 41.3 Å². The van der Waals surface area contributed by atoms with Crippen LogP contribution < -0.4 is 10.9 Å². The van der Waals surface area contributed by atoms with E-state index in [1.54, 1.807) is 13.1 Å². The molecule has 0 aliphatic carbocycles. The predicted molar refractivity (Wildman–Crippen MR) is 73.4 cm³/mol. The van der Waals surface area contributed by atoms with Crippen LogP contribution in [0.1, 0.15) is 30.9 Å². The lowest BCUT2D eigenvalue weighted by Gasteiger charge is -2.08. The minimum absolute atomic E-state index is 0.119. The molecule has 0 bridgehead atoms. The van der Waals surface area contributed by atoms with Gasteiger partial charge >= 0.3 is 0 Å². The lowest BCUT2D eigenvalue weighted by atomic mass is 10.0. The van der Waals surface area contributed by atoms with E-state index in [1.807, 2.05) is 12.1 Å². The highest BCUT2D eigenvalue weighted by Crippen LogP contribution is 2.18. The normalized spacial score (nSPS) is 10.7. The summed E-state index contributed by atoms with van der Waals surface area (Å²) in [6, 6.07) is 8.10. The molecule has 0 unspecified atom stereocenters. The van der Waals surface area contributed by atoms with E-state index in [1.165, 1.54) is 5.56 Å². The first-order valence-corrected chi connectivity index (χ1v) is 5.99. The van der Waals surface area contributed by atoms with Gasteiger partial charge in [0.25, 0.3) is 5.56 Å². The number of aromatic nitrogens is 2. The average Bonchev–Trinajstić information content (AvgIpc) is 2.34. The van der Waals surface area contributed by atoms with E-state index in [0.717, 1.165) is 5.69 Å². The van der Waals surface area contributed by atoms with Gasteiger partial charge in [-0.2, -0.15) is 0 Å². The molecule has 0 fully saturated rings. The van der Waals surface area contributed by atoms with Crippen LogP contribution in [-0.4, -0.2) is 9.97 Å². The molecule has 1 aromatic heterocycles. The molecule has 0 atom stereocenters. The number of aryl methyl sites for hydroxylation is 1. The molecule has 0 spiro atoms. The molecule has 18 heavy (non-hydrogen) atoms. The van der Waals surface area contributed by atoms with Gasteiger partial charge in [0.15, 0.2) is 0 Å². The van der Waals surface area contributed by atoms with Crippen LogP contribution in [0.2, 0.25) is 0 Å². The summed E-state index contributed by atoms with van der Waals surface area (Å²) in [5.41, 5.74) is 2.68. The van der Waals surface area contributed by atoms with Crippen LogP contribution in [0.15, 0.2) is 35.3 Å². The summed E-state index contributed by atoms with van der Waals surface area (Å²) in [5, 5.41) is 3.07. The van der Waals surface area contributed by atoms with Crippen molar-refractivity contribution in [1.29, 1.82) is 0 Å². The number of rotatable bonds is 3. The zero-order valence-corrected chi connectivity index (χ0v) is 10.8. The summed E-state index contributed by atoms with van der Waals surface area (Å²) in [5.74, 6) is 0.972. The van der Waals surface area contributed by atoms with E-state index in [-0.39, 0.29) is 5.56 Å². The van der Waals surface area contributed by atoms with Crippen molar-refractivity contribution < 1.29 is 0 Å². The van der Waals surface area contributed by atoms with Gasteiger partial charge in [-0.05, 0) is 30.5 Å². The highest BCUT2D eigenvalue weighted by molar-refractivity contribution is 5.53. The third-order valence-electron chi connectivity index (χ3n) is 2.82. The fourth-order valence-electron chi connectivity index (χ4n) is 1.61. The molecule has 2 rings (SSSR count). The highest BCUT2D eigenvalue weighted by Gasteiger charge is 2.01. The molecular weight excluding hydrogens is 226 g/mol. The first-order valence-electron chi connectivity index (χ1n) is 5.99. The average molecular weight is 243 g/mol. The Labute approximate surface area is 106 Å². The number of hydrogen-bond acceptors (Lipinski definition) is 3. The molecule has 0 saturated heterocycles. The summed E-state index contributed by atoms with van der Waals surface area (Å²) in [6.45, 7) is 6.04. The predicted octanol–water partition coefficient (Wildman–Crippen LogP) is 2.95. The van der Waals surface area contributed by atoms with E-state index in [9.17, 15) is 4.79 Å². The first kappa shape index (κ1) is 12.4. The summed E-state index contributed by atoms with van der Waals surface area (Å²) in [6.07, 6.45) is 1.56. The van der Waals surface area contributed by atoms with Crippen molar-refractivity contribution in [2.24, 2.45) is 0 Å². The molecule has 94 valence electrons. The van der Waals surface area contributed by atoms with Crippen LogP contribution in [0.25, 0.3) is 0 Å². The molecule has 4 heteroatoms. The quantitative estimate of drug-likeness (QED) is 0.871. The Bertz CT molecular complexity index is 585. The molecule has 2 N–H and O–H groups in total. The molecule has 2 aromatic rings. The van der Waals surface area contributed by atoms with Gasteiger partial charge in [-0.25, -0.2) is 4.98 Å². The van der Waals surface area contributed by atoms with Gasteiger partial charge in [0, 0.05) is 17.4 Å². The van der Waals surface area contributed by atoms with Crippen LogP contribution in [0.3, 0.4) is 0 Å². The minimum Gasteiger partial charge on any atom is -0.326 e. The van der Waals surface area contributed by atoms with Crippen molar-refractivity contribution in [3.8, 4) is 0 Å². The molecule has 0 saturated carbocycles. The van der Waals surface area contributed by atoms with Crippen molar-refractivity contribution in [2.45, 2.75) is 26.7 Å². The second-order valence-corrected chi connectivity index (χ2v) is 4.65. The standard InChI is InChI=1S/C14H17N3O/c1-9(2)11-4-6-12(7-5-11)16-14-15-8-10(3)13(18)17-14/h4-9H,1-3H3,(H2,15,16,17,18). The Kier molecular flexibility index (Phi) is 3.46. The molecule has 0 aliphatic rings.